The molecule has 4 aromatic carbocycles. The molecule has 0 amide bonds. The van der Waals surface area contributed by atoms with Gasteiger partial charge in [-0.25, -0.2) is 0 Å². The normalized spacial score (nSPS) is 11.0. The summed E-state index contributed by atoms with van der Waals surface area (Å²) in [7, 11) is 0. The van der Waals surface area contributed by atoms with E-state index in [1.54, 1.807) is 0 Å². The van der Waals surface area contributed by atoms with Gasteiger partial charge in [0.15, 0.2) is 21.9 Å². The maximum atomic E-state index is 12.8. The first-order valence-electron chi connectivity index (χ1n) is 14.1. The maximum absolute atomic E-state index is 12.8. The Morgan fingerprint density at radius 3 is 1.18 bits per heavy atom. The van der Waals surface area contributed by atoms with Gasteiger partial charge in [0.2, 0.25) is 0 Å². The van der Waals surface area contributed by atoms with Crippen molar-refractivity contribution < 1.29 is 9.59 Å². The molecule has 218 valence electrons. The van der Waals surface area contributed by atoms with Crippen molar-refractivity contribution in [1.29, 1.82) is 0 Å². The van der Waals surface area contributed by atoms with Crippen molar-refractivity contribution in [3.05, 3.63) is 144 Å². The smallest absolute Gasteiger partial charge is 0.196 e. The summed E-state index contributed by atoms with van der Waals surface area (Å²) in [4.78, 5) is 25.6. The number of Topliss-reactive ketones (excluding diaryl/α,β-unsaturated/α-hetero) is 2. The van der Waals surface area contributed by atoms with Crippen LogP contribution in [0.5, 0.6) is 0 Å². The van der Waals surface area contributed by atoms with E-state index in [9.17, 15) is 9.59 Å². The Morgan fingerprint density at radius 2 is 0.818 bits per heavy atom. The summed E-state index contributed by atoms with van der Waals surface area (Å²) in [6.45, 7) is 0. The molecule has 2 aromatic heterocycles. The summed E-state index contributed by atoms with van der Waals surface area (Å²) in [5.41, 5.74) is 3.18. The van der Waals surface area contributed by atoms with E-state index in [0.29, 0.717) is 34.3 Å². The lowest BCUT2D eigenvalue weighted by Crippen LogP contribution is -2.09. The largest absolute Gasteiger partial charge is 0.293 e. The van der Waals surface area contributed by atoms with Crippen LogP contribution in [0, 0.1) is 0 Å². The Labute approximate surface area is 263 Å². The van der Waals surface area contributed by atoms with E-state index in [1.807, 2.05) is 130 Å². The number of rotatable bonds is 13. The summed E-state index contributed by atoms with van der Waals surface area (Å²) in [5, 5.41) is 19.3. The molecule has 0 aliphatic heterocycles. The third kappa shape index (κ3) is 6.88. The molecule has 0 aliphatic carbocycles. The molecule has 2 heterocycles. The van der Waals surface area contributed by atoms with Crippen LogP contribution < -0.4 is 0 Å². The minimum absolute atomic E-state index is 0.0338. The van der Waals surface area contributed by atoms with Crippen molar-refractivity contribution in [3.8, 4) is 11.4 Å². The molecular weight excluding hydrogens is 589 g/mol. The first-order chi connectivity index (χ1) is 21.7. The monoisotopic (exact) mass is 616 g/mol. The quantitative estimate of drug-likeness (QED) is 0.106. The number of ketones is 2. The maximum Gasteiger partial charge on any atom is 0.196 e. The van der Waals surface area contributed by atoms with Crippen molar-refractivity contribution in [2.45, 2.75) is 23.2 Å². The SMILES string of the molecule is O=C(CSc1nnc(CCc2nnc(SCC(=O)c3ccccc3)n2-c2ccccc2)n1-c1ccccc1)c1ccccc1. The predicted octanol–water partition coefficient (Wildman–Crippen LogP) is 6.58. The van der Waals surface area contributed by atoms with Crippen LogP contribution in [0.25, 0.3) is 11.4 Å². The van der Waals surface area contributed by atoms with Crippen LogP contribution in [-0.4, -0.2) is 52.6 Å². The Bertz CT molecular complexity index is 1710. The molecule has 0 saturated carbocycles. The Hall–Kier alpha value is -4.80. The van der Waals surface area contributed by atoms with Crippen LogP contribution in [-0.2, 0) is 12.8 Å². The fraction of sp³-hybridized carbons (Fsp3) is 0.118. The standard InChI is InChI=1S/C34H28N6O2S2/c41-29(25-13-5-1-6-14-25)23-43-33-37-35-31(39(33)27-17-9-3-10-18-27)21-22-32-36-38-34(40(32)28-19-11-4-12-20-28)44-24-30(42)26-15-7-2-8-16-26/h1-20H,21-24H2. The van der Waals surface area contributed by atoms with Crippen molar-refractivity contribution in [3.63, 3.8) is 0 Å². The highest BCUT2D eigenvalue weighted by Crippen LogP contribution is 2.26. The van der Waals surface area contributed by atoms with Gasteiger partial charge in [-0.1, -0.05) is 121 Å². The summed E-state index contributed by atoms with van der Waals surface area (Å²) in [5.74, 6) is 2.07. The lowest BCUT2D eigenvalue weighted by molar-refractivity contribution is 0.101. The molecule has 0 spiro atoms. The molecule has 0 unspecified atom stereocenters. The highest BCUT2D eigenvalue weighted by atomic mass is 32.2. The van der Waals surface area contributed by atoms with Gasteiger partial charge < -0.3 is 0 Å². The summed E-state index contributed by atoms with van der Waals surface area (Å²) >= 11 is 2.74. The highest BCUT2D eigenvalue weighted by Gasteiger charge is 2.20. The first kappa shape index (κ1) is 29.3. The van der Waals surface area contributed by atoms with E-state index >= 15 is 0 Å². The lowest BCUT2D eigenvalue weighted by atomic mass is 10.2. The van der Waals surface area contributed by atoms with E-state index in [-0.39, 0.29) is 23.1 Å². The molecule has 10 heteroatoms. The van der Waals surface area contributed by atoms with E-state index in [0.717, 1.165) is 23.0 Å². The third-order valence-corrected chi connectivity index (χ3v) is 8.72. The van der Waals surface area contributed by atoms with Crippen LogP contribution in [0.3, 0.4) is 0 Å². The van der Waals surface area contributed by atoms with Gasteiger partial charge in [-0.05, 0) is 24.3 Å². The Morgan fingerprint density at radius 1 is 0.477 bits per heavy atom. The van der Waals surface area contributed by atoms with E-state index < -0.39 is 0 Å². The van der Waals surface area contributed by atoms with Gasteiger partial charge in [-0.2, -0.15) is 0 Å². The molecule has 8 nitrogen and oxygen atoms in total. The molecule has 0 atom stereocenters. The van der Waals surface area contributed by atoms with Crippen molar-refractivity contribution in [1.82, 2.24) is 29.5 Å². The zero-order valence-electron chi connectivity index (χ0n) is 23.7. The summed E-state index contributed by atoms with van der Waals surface area (Å²) in [6, 6.07) is 38.3. The van der Waals surface area contributed by atoms with Gasteiger partial charge in [0, 0.05) is 35.3 Å². The molecular formula is C34H28N6O2S2. The first-order valence-corrected chi connectivity index (χ1v) is 16.1. The van der Waals surface area contributed by atoms with Crippen molar-refractivity contribution in [2.24, 2.45) is 0 Å². The molecule has 0 aliphatic rings. The average Bonchev–Trinajstić information content (AvgIpc) is 3.70. The third-order valence-electron chi connectivity index (χ3n) is 6.86. The van der Waals surface area contributed by atoms with Crippen LogP contribution >= 0.6 is 23.5 Å². The second kappa shape index (κ2) is 14.1. The molecule has 0 bridgehead atoms. The van der Waals surface area contributed by atoms with Gasteiger partial charge in [0.05, 0.1) is 11.5 Å². The summed E-state index contributed by atoms with van der Waals surface area (Å²) in [6.07, 6.45) is 1.07. The zero-order chi connectivity index (χ0) is 30.1. The molecule has 0 N–H and O–H groups in total. The molecule has 0 saturated heterocycles. The average molecular weight is 617 g/mol. The van der Waals surface area contributed by atoms with Gasteiger partial charge in [0.25, 0.3) is 0 Å². The number of aryl methyl sites for hydroxylation is 2. The van der Waals surface area contributed by atoms with Gasteiger partial charge >= 0.3 is 0 Å². The number of carbonyl (C=O) groups excluding carboxylic acids is 2. The fourth-order valence-corrected chi connectivity index (χ4v) is 6.41. The molecule has 0 fully saturated rings. The molecule has 44 heavy (non-hydrogen) atoms. The number of hydrogen-bond acceptors (Lipinski definition) is 8. The second-order valence-electron chi connectivity index (χ2n) is 9.80. The second-order valence-corrected chi connectivity index (χ2v) is 11.7. The Balaban J connectivity index is 1.24. The molecule has 6 aromatic rings. The van der Waals surface area contributed by atoms with Crippen LogP contribution in [0.1, 0.15) is 32.4 Å². The number of para-hydroxylation sites is 2. The minimum atomic E-state index is 0.0338. The van der Waals surface area contributed by atoms with Crippen molar-refractivity contribution in [2.75, 3.05) is 11.5 Å². The number of aromatic nitrogens is 6. The van der Waals surface area contributed by atoms with Gasteiger partial charge in [-0.15, -0.1) is 20.4 Å². The number of thioether (sulfide) groups is 2. The van der Waals surface area contributed by atoms with Crippen LogP contribution in [0.15, 0.2) is 132 Å². The van der Waals surface area contributed by atoms with E-state index in [1.165, 1.54) is 23.5 Å². The van der Waals surface area contributed by atoms with Gasteiger partial charge in [-0.3, -0.25) is 18.7 Å². The highest BCUT2D eigenvalue weighted by molar-refractivity contribution is 8.00. The Kier molecular flexibility index (Phi) is 9.39. The lowest BCUT2D eigenvalue weighted by Gasteiger charge is -2.12. The van der Waals surface area contributed by atoms with Crippen LogP contribution in [0.2, 0.25) is 0 Å². The fourth-order valence-electron chi connectivity index (χ4n) is 4.68. The molecule has 6 rings (SSSR count). The van der Waals surface area contributed by atoms with Gasteiger partial charge in [0.1, 0.15) is 11.6 Å². The molecule has 0 radical (unpaired) electrons. The van der Waals surface area contributed by atoms with E-state index in [2.05, 4.69) is 20.4 Å². The zero-order valence-corrected chi connectivity index (χ0v) is 25.3. The summed E-state index contributed by atoms with van der Waals surface area (Å²) < 4.78 is 4.00. The van der Waals surface area contributed by atoms with Crippen LogP contribution in [0.4, 0.5) is 0 Å². The number of hydrogen-bond donors (Lipinski definition) is 0. The van der Waals surface area contributed by atoms with Crippen molar-refractivity contribution >= 4 is 35.1 Å². The minimum Gasteiger partial charge on any atom is -0.293 e. The number of nitrogens with zero attached hydrogens (tertiary/aromatic N) is 6. The topological polar surface area (TPSA) is 95.6 Å². The number of benzene rings is 4. The van der Waals surface area contributed by atoms with E-state index in [4.69, 9.17) is 0 Å². The number of carbonyl (C=O) groups is 2. The predicted molar refractivity (Wildman–Crippen MR) is 173 cm³/mol.